The van der Waals surface area contributed by atoms with Crippen molar-refractivity contribution >= 4 is 29.3 Å². The fourth-order valence-electron chi connectivity index (χ4n) is 2.02. The van der Waals surface area contributed by atoms with Crippen LogP contribution in [0.4, 0.5) is 4.39 Å². The SMILES string of the molecule is O=C(O)CSc1nnc(-c2ccc(F)cc2Cl)n1C1CC1. The molecule has 0 radical (unpaired) electrons. The van der Waals surface area contributed by atoms with Gasteiger partial charge < -0.3 is 5.11 Å². The fraction of sp³-hybridized carbons (Fsp3) is 0.308. The lowest BCUT2D eigenvalue weighted by Crippen LogP contribution is -2.03. The molecular formula is C13H11ClFN3O2S. The minimum Gasteiger partial charge on any atom is -0.481 e. The Hall–Kier alpha value is -1.60. The van der Waals surface area contributed by atoms with Crippen molar-refractivity contribution in [2.45, 2.75) is 24.0 Å². The molecule has 1 heterocycles. The summed E-state index contributed by atoms with van der Waals surface area (Å²) in [6, 6.07) is 4.36. The zero-order valence-corrected chi connectivity index (χ0v) is 12.4. The van der Waals surface area contributed by atoms with E-state index < -0.39 is 11.8 Å². The van der Waals surface area contributed by atoms with Crippen molar-refractivity contribution in [3.05, 3.63) is 29.0 Å². The van der Waals surface area contributed by atoms with Crippen molar-refractivity contribution in [3.63, 3.8) is 0 Å². The first kappa shape index (κ1) is 14.3. The van der Waals surface area contributed by atoms with Crippen LogP contribution in [0.1, 0.15) is 18.9 Å². The van der Waals surface area contributed by atoms with Crippen molar-refractivity contribution < 1.29 is 14.3 Å². The van der Waals surface area contributed by atoms with Gasteiger partial charge in [-0.3, -0.25) is 9.36 Å². The topological polar surface area (TPSA) is 68.0 Å². The van der Waals surface area contributed by atoms with Crippen molar-refractivity contribution in [3.8, 4) is 11.4 Å². The lowest BCUT2D eigenvalue weighted by atomic mass is 10.2. The molecule has 1 aliphatic carbocycles. The van der Waals surface area contributed by atoms with Crippen molar-refractivity contribution in [1.29, 1.82) is 0 Å². The number of halogens is 2. The van der Waals surface area contributed by atoms with E-state index in [1.165, 1.54) is 12.1 Å². The Balaban J connectivity index is 2.00. The fourth-order valence-corrected chi connectivity index (χ4v) is 3.00. The molecule has 0 aliphatic heterocycles. The molecule has 8 heteroatoms. The third-order valence-electron chi connectivity index (χ3n) is 3.07. The Morgan fingerprint density at radius 1 is 1.48 bits per heavy atom. The molecule has 0 unspecified atom stereocenters. The summed E-state index contributed by atoms with van der Waals surface area (Å²) in [6.07, 6.45) is 1.98. The summed E-state index contributed by atoms with van der Waals surface area (Å²) in [5.41, 5.74) is 0.597. The zero-order chi connectivity index (χ0) is 15.0. The van der Waals surface area contributed by atoms with E-state index in [0.29, 0.717) is 16.5 Å². The van der Waals surface area contributed by atoms with Gasteiger partial charge in [-0.1, -0.05) is 23.4 Å². The number of carboxylic acid groups (broad SMARTS) is 1. The second-order valence-corrected chi connectivity index (χ2v) is 6.06. The molecule has 0 atom stereocenters. The molecule has 0 saturated heterocycles. The van der Waals surface area contributed by atoms with Crippen LogP contribution in [0.3, 0.4) is 0 Å². The first-order valence-electron chi connectivity index (χ1n) is 6.31. The number of carbonyl (C=O) groups is 1. The van der Waals surface area contributed by atoms with Gasteiger partial charge in [0.05, 0.1) is 10.8 Å². The van der Waals surface area contributed by atoms with Crippen LogP contribution < -0.4 is 0 Å². The average Bonchev–Trinajstić information content (AvgIpc) is 3.17. The Morgan fingerprint density at radius 2 is 2.24 bits per heavy atom. The van der Waals surface area contributed by atoms with E-state index in [9.17, 15) is 9.18 Å². The van der Waals surface area contributed by atoms with Gasteiger partial charge in [0.2, 0.25) is 0 Å². The first-order valence-corrected chi connectivity index (χ1v) is 7.67. The third kappa shape index (κ3) is 3.03. The Labute approximate surface area is 129 Å². The molecule has 0 bridgehead atoms. The van der Waals surface area contributed by atoms with Gasteiger partial charge in [-0.05, 0) is 31.0 Å². The number of rotatable bonds is 5. The van der Waals surface area contributed by atoms with Crippen molar-refractivity contribution in [2.75, 3.05) is 5.75 Å². The summed E-state index contributed by atoms with van der Waals surface area (Å²) in [4.78, 5) is 10.7. The van der Waals surface area contributed by atoms with Gasteiger partial charge >= 0.3 is 5.97 Å². The maximum absolute atomic E-state index is 13.2. The van der Waals surface area contributed by atoms with Crippen LogP contribution in [-0.4, -0.2) is 31.6 Å². The van der Waals surface area contributed by atoms with Crippen LogP contribution in [0.25, 0.3) is 11.4 Å². The third-order valence-corrected chi connectivity index (χ3v) is 4.31. The minimum absolute atomic E-state index is 0.0813. The highest BCUT2D eigenvalue weighted by Gasteiger charge is 2.31. The van der Waals surface area contributed by atoms with Gasteiger partial charge in [0.15, 0.2) is 11.0 Å². The van der Waals surface area contributed by atoms with Crippen LogP contribution in [0.15, 0.2) is 23.4 Å². The standard InChI is InChI=1S/C13H11ClFN3O2S/c14-10-5-7(15)1-4-9(10)12-16-17-13(21-6-11(19)20)18(12)8-2-3-8/h1,4-5,8H,2-3,6H2,(H,19,20). The predicted molar refractivity (Wildman–Crippen MR) is 77.1 cm³/mol. The summed E-state index contributed by atoms with van der Waals surface area (Å²) in [7, 11) is 0. The molecule has 2 aromatic rings. The minimum atomic E-state index is -0.910. The molecule has 0 spiro atoms. The second kappa shape index (κ2) is 5.65. The van der Waals surface area contributed by atoms with E-state index >= 15 is 0 Å². The van der Waals surface area contributed by atoms with E-state index in [1.807, 2.05) is 4.57 Å². The molecule has 5 nitrogen and oxygen atoms in total. The summed E-state index contributed by atoms with van der Waals surface area (Å²) >= 11 is 7.20. The number of thioether (sulfide) groups is 1. The number of benzene rings is 1. The van der Waals surface area contributed by atoms with Gasteiger partial charge in [0, 0.05) is 11.6 Å². The smallest absolute Gasteiger partial charge is 0.313 e. The molecule has 1 aromatic heterocycles. The van der Waals surface area contributed by atoms with Crippen molar-refractivity contribution in [1.82, 2.24) is 14.8 Å². The maximum Gasteiger partial charge on any atom is 0.313 e. The lowest BCUT2D eigenvalue weighted by Gasteiger charge is -2.09. The van der Waals surface area contributed by atoms with E-state index in [1.54, 1.807) is 6.07 Å². The highest BCUT2D eigenvalue weighted by molar-refractivity contribution is 7.99. The van der Waals surface area contributed by atoms with Crippen LogP contribution in [0.2, 0.25) is 5.02 Å². The number of nitrogens with zero attached hydrogens (tertiary/aromatic N) is 3. The Bertz CT molecular complexity index is 703. The molecular weight excluding hydrogens is 317 g/mol. The van der Waals surface area contributed by atoms with Gasteiger partial charge in [-0.15, -0.1) is 10.2 Å². The van der Waals surface area contributed by atoms with Gasteiger partial charge in [-0.25, -0.2) is 4.39 Å². The van der Waals surface area contributed by atoms with E-state index in [0.717, 1.165) is 24.6 Å². The summed E-state index contributed by atoms with van der Waals surface area (Å²) in [5, 5.41) is 17.7. The van der Waals surface area contributed by atoms with Crippen LogP contribution in [0.5, 0.6) is 0 Å². The largest absolute Gasteiger partial charge is 0.481 e. The quantitative estimate of drug-likeness (QED) is 0.854. The van der Waals surface area contributed by atoms with Gasteiger partial charge in [0.25, 0.3) is 0 Å². The predicted octanol–water partition coefficient (Wildman–Crippen LogP) is 3.25. The highest BCUT2D eigenvalue weighted by Crippen LogP contribution is 2.42. The monoisotopic (exact) mass is 327 g/mol. The molecule has 1 aliphatic rings. The van der Waals surface area contributed by atoms with Crippen LogP contribution in [0, 0.1) is 5.82 Å². The van der Waals surface area contributed by atoms with Gasteiger partial charge in [0.1, 0.15) is 5.82 Å². The average molecular weight is 328 g/mol. The maximum atomic E-state index is 13.2. The first-order chi connectivity index (χ1) is 10.1. The molecule has 0 amide bonds. The number of hydrogen-bond acceptors (Lipinski definition) is 4. The summed E-state index contributed by atoms with van der Waals surface area (Å²) < 4.78 is 15.0. The molecule has 3 rings (SSSR count). The van der Waals surface area contributed by atoms with Crippen LogP contribution in [-0.2, 0) is 4.79 Å². The van der Waals surface area contributed by atoms with Gasteiger partial charge in [-0.2, -0.15) is 0 Å². The molecule has 21 heavy (non-hydrogen) atoms. The Kier molecular flexibility index (Phi) is 3.86. The highest BCUT2D eigenvalue weighted by atomic mass is 35.5. The summed E-state index contributed by atoms with van der Waals surface area (Å²) in [5.74, 6) is -0.856. The molecule has 1 aromatic carbocycles. The number of carboxylic acids is 1. The van der Waals surface area contributed by atoms with Crippen molar-refractivity contribution in [2.24, 2.45) is 0 Å². The van der Waals surface area contributed by atoms with E-state index in [4.69, 9.17) is 16.7 Å². The lowest BCUT2D eigenvalue weighted by molar-refractivity contribution is -0.133. The summed E-state index contributed by atoms with van der Waals surface area (Å²) in [6.45, 7) is 0. The molecule has 1 N–H and O–H groups in total. The zero-order valence-electron chi connectivity index (χ0n) is 10.8. The van der Waals surface area contributed by atoms with E-state index in [2.05, 4.69) is 10.2 Å². The van der Waals surface area contributed by atoms with E-state index in [-0.39, 0.29) is 16.8 Å². The number of hydrogen-bond donors (Lipinski definition) is 1. The normalized spacial score (nSPS) is 14.4. The molecule has 110 valence electrons. The second-order valence-electron chi connectivity index (χ2n) is 4.71. The molecule has 1 fully saturated rings. The number of aromatic nitrogens is 3. The molecule has 1 saturated carbocycles. The Morgan fingerprint density at radius 3 is 2.86 bits per heavy atom. The number of aliphatic carboxylic acids is 1. The van der Waals surface area contributed by atoms with Crippen LogP contribution >= 0.6 is 23.4 Å².